The van der Waals surface area contributed by atoms with Crippen molar-refractivity contribution in [2.75, 3.05) is 11.9 Å². The SMILES string of the molecule is O=C(O)CC(O)CNc1cc(Br)cc(C(F)(F)F)c1. The van der Waals surface area contributed by atoms with Crippen LogP contribution in [0.25, 0.3) is 0 Å². The second kappa shape index (κ2) is 6.25. The Labute approximate surface area is 115 Å². The number of halogens is 4. The smallest absolute Gasteiger partial charge is 0.416 e. The van der Waals surface area contributed by atoms with Gasteiger partial charge in [-0.2, -0.15) is 13.2 Å². The van der Waals surface area contributed by atoms with Gasteiger partial charge in [-0.25, -0.2) is 0 Å². The molecule has 1 rings (SSSR count). The van der Waals surface area contributed by atoms with Crippen LogP contribution in [-0.2, 0) is 11.0 Å². The molecule has 0 spiro atoms. The van der Waals surface area contributed by atoms with E-state index in [-0.39, 0.29) is 16.7 Å². The van der Waals surface area contributed by atoms with E-state index in [0.29, 0.717) is 0 Å². The second-order valence-electron chi connectivity index (χ2n) is 3.86. The summed E-state index contributed by atoms with van der Waals surface area (Å²) in [7, 11) is 0. The molecule has 0 heterocycles. The number of rotatable bonds is 5. The number of aliphatic hydroxyl groups excluding tert-OH is 1. The number of carboxylic acids is 1. The standard InChI is InChI=1S/C11H11BrF3NO3/c12-7-1-6(11(13,14)15)2-8(3-7)16-5-9(17)4-10(18)19/h1-3,9,16-17H,4-5H2,(H,18,19). The molecule has 106 valence electrons. The van der Waals surface area contributed by atoms with E-state index >= 15 is 0 Å². The van der Waals surface area contributed by atoms with E-state index in [1.54, 1.807) is 0 Å². The van der Waals surface area contributed by atoms with E-state index in [1.807, 2.05) is 0 Å². The molecule has 0 saturated heterocycles. The van der Waals surface area contributed by atoms with Crippen LogP contribution in [0.4, 0.5) is 18.9 Å². The fourth-order valence-electron chi connectivity index (χ4n) is 1.36. The number of aliphatic carboxylic acids is 1. The first-order valence-electron chi connectivity index (χ1n) is 5.20. The minimum atomic E-state index is -4.47. The Hall–Kier alpha value is -1.28. The van der Waals surface area contributed by atoms with Gasteiger partial charge in [-0.1, -0.05) is 15.9 Å². The van der Waals surface area contributed by atoms with Gasteiger partial charge < -0.3 is 15.5 Å². The van der Waals surface area contributed by atoms with Gasteiger partial charge in [0.1, 0.15) is 0 Å². The third kappa shape index (κ3) is 5.48. The van der Waals surface area contributed by atoms with Crippen LogP contribution in [0, 0.1) is 0 Å². The third-order valence-corrected chi connectivity index (χ3v) is 2.64. The quantitative estimate of drug-likeness (QED) is 0.770. The van der Waals surface area contributed by atoms with Gasteiger partial charge in [0, 0.05) is 16.7 Å². The van der Waals surface area contributed by atoms with Crippen LogP contribution in [0.2, 0.25) is 0 Å². The van der Waals surface area contributed by atoms with E-state index in [9.17, 15) is 23.1 Å². The molecule has 1 unspecified atom stereocenters. The van der Waals surface area contributed by atoms with Crippen molar-refractivity contribution in [1.29, 1.82) is 0 Å². The molecule has 0 aromatic heterocycles. The number of hydrogen-bond donors (Lipinski definition) is 3. The molecule has 1 aromatic carbocycles. The highest BCUT2D eigenvalue weighted by Crippen LogP contribution is 2.33. The molecule has 0 saturated carbocycles. The number of nitrogens with one attached hydrogen (secondary N) is 1. The van der Waals surface area contributed by atoms with Crippen molar-refractivity contribution < 1.29 is 28.2 Å². The molecule has 8 heteroatoms. The van der Waals surface area contributed by atoms with Gasteiger partial charge in [-0.15, -0.1) is 0 Å². The second-order valence-corrected chi connectivity index (χ2v) is 4.77. The van der Waals surface area contributed by atoms with Crippen LogP contribution in [0.1, 0.15) is 12.0 Å². The van der Waals surface area contributed by atoms with Crippen LogP contribution in [0.5, 0.6) is 0 Å². The number of hydrogen-bond acceptors (Lipinski definition) is 3. The normalized spacial score (nSPS) is 13.1. The van der Waals surface area contributed by atoms with Gasteiger partial charge in [-0.05, 0) is 18.2 Å². The molecule has 0 bridgehead atoms. The molecule has 0 aliphatic heterocycles. The highest BCUT2D eigenvalue weighted by molar-refractivity contribution is 9.10. The van der Waals surface area contributed by atoms with Crippen LogP contribution < -0.4 is 5.32 Å². The number of aliphatic hydroxyl groups is 1. The lowest BCUT2D eigenvalue weighted by atomic mass is 10.2. The lowest BCUT2D eigenvalue weighted by Crippen LogP contribution is -2.22. The van der Waals surface area contributed by atoms with Crippen LogP contribution in [0.15, 0.2) is 22.7 Å². The van der Waals surface area contributed by atoms with Crippen LogP contribution in [-0.4, -0.2) is 28.8 Å². The van der Waals surface area contributed by atoms with Crippen LogP contribution >= 0.6 is 15.9 Å². The number of benzene rings is 1. The Morgan fingerprint density at radius 3 is 2.53 bits per heavy atom. The molecule has 0 radical (unpaired) electrons. The van der Waals surface area contributed by atoms with Gasteiger partial charge in [0.05, 0.1) is 18.1 Å². The Bertz CT molecular complexity index is 465. The first kappa shape index (κ1) is 15.8. The van der Waals surface area contributed by atoms with Crippen molar-refractivity contribution in [1.82, 2.24) is 0 Å². The average molecular weight is 342 g/mol. The van der Waals surface area contributed by atoms with Crippen molar-refractivity contribution in [3.63, 3.8) is 0 Å². The number of anilines is 1. The summed E-state index contributed by atoms with van der Waals surface area (Å²) in [6.07, 6.45) is -6.13. The summed E-state index contributed by atoms with van der Waals surface area (Å²) in [4.78, 5) is 10.3. The number of carbonyl (C=O) groups is 1. The molecule has 0 aliphatic carbocycles. The largest absolute Gasteiger partial charge is 0.481 e. The molecule has 1 atom stereocenters. The summed E-state index contributed by atoms with van der Waals surface area (Å²) in [6.45, 7) is -0.153. The molecule has 3 N–H and O–H groups in total. The van der Waals surface area contributed by atoms with Crippen LogP contribution in [0.3, 0.4) is 0 Å². The first-order valence-corrected chi connectivity index (χ1v) is 5.99. The average Bonchev–Trinajstić information content (AvgIpc) is 2.23. The minimum absolute atomic E-state index is 0.145. The highest BCUT2D eigenvalue weighted by atomic mass is 79.9. The zero-order chi connectivity index (χ0) is 14.6. The summed E-state index contributed by atoms with van der Waals surface area (Å²) >= 11 is 2.96. The molecule has 0 aliphatic rings. The summed E-state index contributed by atoms with van der Waals surface area (Å²) < 4.78 is 37.9. The lowest BCUT2D eigenvalue weighted by molar-refractivity contribution is -0.139. The number of alkyl halides is 3. The van der Waals surface area contributed by atoms with Gasteiger partial charge in [0.2, 0.25) is 0 Å². The zero-order valence-corrected chi connectivity index (χ0v) is 11.1. The molecular weight excluding hydrogens is 331 g/mol. The maximum absolute atomic E-state index is 12.5. The lowest BCUT2D eigenvalue weighted by Gasteiger charge is -2.13. The molecule has 0 fully saturated rings. The van der Waals surface area contributed by atoms with Gasteiger partial charge >= 0.3 is 12.1 Å². The summed E-state index contributed by atoms with van der Waals surface area (Å²) in [6, 6.07) is 3.22. The highest BCUT2D eigenvalue weighted by Gasteiger charge is 2.31. The maximum Gasteiger partial charge on any atom is 0.416 e. The van der Waals surface area contributed by atoms with E-state index < -0.39 is 30.2 Å². The van der Waals surface area contributed by atoms with E-state index in [1.165, 1.54) is 6.07 Å². The predicted molar refractivity (Wildman–Crippen MR) is 65.9 cm³/mol. The topological polar surface area (TPSA) is 69.6 Å². The molecule has 0 amide bonds. The molecule has 4 nitrogen and oxygen atoms in total. The van der Waals surface area contributed by atoms with Gasteiger partial charge in [0.25, 0.3) is 0 Å². The Balaban J connectivity index is 2.74. The summed E-state index contributed by atoms with van der Waals surface area (Å²) in [5, 5.41) is 20.3. The summed E-state index contributed by atoms with van der Waals surface area (Å²) in [5.41, 5.74) is -0.691. The fraction of sp³-hybridized carbons (Fsp3) is 0.364. The van der Waals surface area contributed by atoms with Gasteiger partial charge in [-0.3, -0.25) is 4.79 Å². The van der Waals surface area contributed by atoms with Gasteiger partial charge in [0.15, 0.2) is 0 Å². The van der Waals surface area contributed by atoms with Crippen molar-refractivity contribution in [2.24, 2.45) is 0 Å². The van der Waals surface area contributed by atoms with Crippen molar-refractivity contribution in [3.05, 3.63) is 28.2 Å². The number of carboxylic acid groups (broad SMARTS) is 1. The predicted octanol–water partition coefficient (Wildman–Crippen LogP) is 2.72. The van der Waals surface area contributed by atoms with E-state index in [2.05, 4.69) is 21.2 Å². The fourth-order valence-corrected chi connectivity index (χ4v) is 1.86. The Kier molecular flexibility index (Phi) is 5.19. The van der Waals surface area contributed by atoms with E-state index in [4.69, 9.17) is 5.11 Å². The minimum Gasteiger partial charge on any atom is -0.481 e. The maximum atomic E-state index is 12.5. The summed E-state index contributed by atoms with van der Waals surface area (Å²) in [5.74, 6) is -1.18. The first-order chi connectivity index (χ1) is 8.68. The van der Waals surface area contributed by atoms with E-state index in [0.717, 1.165) is 12.1 Å². The van der Waals surface area contributed by atoms with Crippen molar-refractivity contribution in [2.45, 2.75) is 18.7 Å². The molecule has 19 heavy (non-hydrogen) atoms. The molecular formula is C11H11BrF3NO3. The van der Waals surface area contributed by atoms with Crippen molar-refractivity contribution >= 4 is 27.6 Å². The monoisotopic (exact) mass is 341 g/mol. The van der Waals surface area contributed by atoms with Crippen molar-refractivity contribution in [3.8, 4) is 0 Å². The zero-order valence-electron chi connectivity index (χ0n) is 9.54. The molecule has 1 aromatic rings. The Morgan fingerprint density at radius 2 is 2.00 bits per heavy atom. The Morgan fingerprint density at radius 1 is 1.37 bits per heavy atom. The third-order valence-electron chi connectivity index (χ3n) is 2.18.